The van der Waals surface area contributed by atoms with Gasteiger partial charge in [-0.3, -0.25) is 0 Å². The molecule has 1 aromatic rings. The molecule has 2 heterocycles. The molecule has 2 fully saturated rings. The number of hydrogen-bond acceptors (Lipinski definition) is 3. The van der Waals surface area contributed by atoms with Gasteiger partial charge in [-0.05, 0) is 70.1 Å². The minimum absolute atomic E-state index is 0.139. The molecule has 0 spiro atoms. The highest BCUT2D eigenvalue weighted by atomic mass is 16.6. The Morgan fingerprint density at radius 2 is 1.68 bits per heavy atom. The summed E-state index contributed by atoms with van der Waals surface area (Å²) in [6, 6.07) is 9.81. The molecule has 2 aliphatic rings. The fourth-order valence-electron chi connectivity index (χ4n) is 4.11. The standard InChI is InChI=1S/C21H32N2O2/c1-14(2)15-6-8-16(9-7-15)22-17-12-18-10-11-19(13-17)23(18)20(24)25-21(3,4)5/h6-9,14,17-19,22H,10-13H2,1-5H3. The Balaban J connectivity index is 1.61. The lowest BCUT2D eigenvalue weighted by Gasteiger charge is -2.40. The molecule has 4 nitrogen and oxygen atoms in total. The Morgan fingerprint density at radius 3 is 2.16 bits per heavy atom. The van der Waals surface area contributed by atoms with Crippen LogP contribution in [0.3, 0.4) is 0 Å². The largest absolute Gasteiger partial charge is 0.444 e. The van der Waals surface area contributed by atoms with Crippen molar-refractivity contribution >= 4 is 11.8 Å². The van der Waals surface area contributed by atoms with Crippen molar-refractivity contribution in [3.05, 3.63) is 29.8 Å². The van der Waals surface area contributed by atoms with Crippen molar-refractivity contribution in [3.8, 4) is 0 Å². The third-order valence-corrected chi connectivity index (χ3v) is 5.29. The van der Waals surface area contributed by atoms with E-state index in [0.717, 1.165) is 25.7 Å². The summed E-state index contributed by atoms with van der Waals surface area (Å²) >= 11 is 0. The van der Waals surface area contributed by atoms with E-state index in [9.17, 15) is 4.79 Å². The van der Waals surface area contributed by atoms with Crippen LogP contribution in [0.15, 0.2) is 24.3 Å². The number of amides is 1. The summed E-state index contributed by atoms with van der Waals surface area (Å²) in [5.74, 6) is 0.557. The van der Waals surface area contributed by atoms with E-state index in [4.69, 9.17) is 4.74 Å². The first-order chi connectivity index (χ1) is 11.7. The topological polar surface area (TPSA) is 41.6 Å². The van der Waals surface area contributed by atoms with E-state index in [-0.39, 0.29) is 6.09 Å². The van der Waals surface area contributed by atoms with Gasteiger partial charge < -0.3 is 15.0 Å². The number of hydrogen-bond donors (Lipinski definition) is 1. The molecule has 2 saturated heterocycles. The van der Waals surface area contributed by atoms with Gasteiger partial charge in [0.05, 0.1) is 0 Å². The summed E-state index contributed by atoms with van der Waals surface area (Å²) in [5, 5.41) is 3.68. The highest BCUT2D eigenvalue weighted by molar-refractivity contribution is 5.69. The summed E-state index contributed by atoms with van der Waals surface area (Å²) < 4.78 is 5.61. The minimum atomic E-state index is -0.427. The molecular formula is C21H32N2O2. The normalized spacial score (nSPS) is 26.0. The molecule has 25 heavy (non-hydrogen) atoms. The van der Waals surface area contributed by atoms with Crippen LogP contribution < -0.4 is 5.32 Å². The molecule has 2 aliphatic heterocycles. The predicted octanol–water partition coefficient (Wildman–Crippen LogP) is 5.15. The second-order valence-corrected chi connectivity index (χ2v) is 8.86. The van der Waals surface area contributed by atoms with E-state index in [0.29, 0.717) is 24.0 Å². The number of nitrogens with zero attached hydrogens (tertiary/aromatic N) is 1. The van der Waals surface area contributed by atoms with Crippen molar-refractivity contribution in [2.24, 2.45) is 0 Å². The predicted molar refractivity (Wildman–Crippen MR) is 102 cm³/mol. The lowest BCUT2D eigenvalue weighted by atomic mass is 9.97. The molecule has 2 atom stereocenters. The third-order valence-electron chi connectivity index (χ3n) is 5.29. The van der Waals surface area contributed by atoms with E-state index in [1.807, 2.05) is 25.7 Å². The van der Waals surface area contributed by atoms with Gasteiger partial charge >= 0.3 is 6.09 Å². The first-order valence-electron chi connectivity index (χ1n) is 9.61. The molecule has 0 saturated carbocycles. The van der Waals surface area contributed by atoms with E-state index in [2.05, 4.69) is 43.4 Å². The van der Waals surface area contributed by atoms with Gasteiger partial charge in [0.15, 0.2) is 0 Å². The van der Waals surface area contributed by atoms with Crippen LogP contribution >= 0.6 is 0 Å². The molecule has 1 amide bonds. The van der Waals surface area contributed by atoms with Crippen LogP contribution in [0.25, 0.3) is 0 Å². The average Bonchev–Trinajstić information content (AvgIpc) is 2.78. The SMILES string of the molecule is CC(C)c1ccc(NC2CC3CCC(C2)N3C(=O)OC(C)(C)C)cc1. The lowest BCUT2D eigenvalue weighted by molar-refractivity contribution is 0.00684. The highest BCUT2D eigenvalue weighted by Gasteiger charge is 2.44. The zero-order valence-electron chi connectivity index (χ0n) is 16.2. The van der Waals surface area contributed by atoms with Crippen LogP contribution in [0.1, 0.15) is 71.8 Å². The Hall–Kier alpha value is -1.71. The first-order valence-corrected chi connectivity index (χ1v) is 9.61. The van der Waals surface area contributed by atoms with Gasteiger partial charge in [-0.2, -0.15) is 0 Å². The van der Waals surface area contributed by atoms with Crippen molar-refractivity contribution in [3.63, 3.8) is 0 Å². The third kappa shape index (κ3) is 4.28. The molecule has 2 bridgehead atoms. The molecule has 0 radical (unpaired) electrons. The molecule has 4 heteroatoms. The van der Waals surface area contributed by atoms with E-state index in [1.54, 1.807) is 0 Å². The molecule has 2 unspecified atom stereocenters. The van der Waals surface area contributed by atoms with Crippen molar-refractivity contribution < 1.29 is 9.53 Å². The Morgan fingerprint density at radius 1 is 1.12 bits per heavy atom. The van der Waals surface area contributed by atoms with Crippen molar-refractivity contribution in [1.29, 1.82) is 0 Å². The quantitative estimate of drug-likeness (QED) is 0.824. The average molecular weight is 344 g/mol. The minimum Gasteiger partial charge on any atom is -0.444 e. The van der Waals surface area contributed by atoms with E-state index < -0.39 is 5.60 Å². The van der Waals surface area contributed by atoms with Crippen LogP contribution in [-0.2, 0) is 4.74 Å². The fraction of sp³-hybridized carbons (Fsp3) is 0.667. The number of fused-ring (bicyclic) bond motifs is 2. The van der Waals surface area contributed by atoms with Gasteiger partial charge in [-0.1, -0.05) is 26.0 Å². The molecule has 138 valence electrons. The van der Waals surface area contributed by atoms with E-state index in [1.165, 1.54) is 11.3 Å². The molecule has 3 rings (SSSR count). The maximum atomic E-state index is 12.5. The maximum Gasteiger partial charge on any atom is 0.410 e. The monoisotopic (exact) mass is 344 g/mol. The van der Waals surface area contributed by atoms with Crippen LogP contribution in [0.4, 0.5) is 10.5 Å². The van der Waals surface area contributed by atoms with Crippen LogP contribution in [-0.4, -0.2) is 34.7 Å². The zero-order chi connectivity index (χ0) is 18.2. The summed E-state index contributed by atoms with van der Waals surface area (Å²) in [4.78, 5) is 14.5. The van der Waals surface area contributed by atoms with Gasteiger partial charge in [0.2, 0.25) is 0 Å². The summed E-state index contributed by atoms with van der Waals surface area (Å²) in [5.41, 5.74) is 2.12. The first kappa shape index (κ1) is 18.1. The summed E-state index contributed by atoms with van der Waals surface area (Å²) in [7, 11) is 0. The van der Waals surface area contributed by atoms with E-state index >= 15 is 0 Å². The van der Waals surface area contributed by atoms with Crippen LogP contribution in [0.2, 0.25) is 0 Å². The maximum absolute atomic E-state index is 12.5. The lowest BCUT2D eigenvalue weighted by Crippen LogP contribution is -2.51. The number of rotatable bonds is 3. The second-order valence-electron chi connectivity index (χ2n) is 8.86. The fourth-order valence-corrected chi connectivity index (χ4v) is 4.11. The van der Waals surface area contributed by atoms with Crippen molar-refractivity contribution in [1.82, 2.24) is 4.90 Å². The Labute approximate surface area is 151 Å². The summed E-state index contributed by atoms with van der Waals surface area (Å²) in [6.07, 6.45) is 4.05. The smallest absolute Gasteiger partial charge is 0.410 e. The van der Waals surface area contributed by atoms with Crippen molar-refractivity contribution in [2.75, 3.05) is 5.32 Å². The number of benzene rings is 1. The Kier molecular flexibility index (Phi) is 4.99. The number of carbonyl (C=O) groups excluding carboxylic acids is 1. The highest BCUT2D eigenvalue weighted by Crippen LogP contribution is 2.37. The molecule has 1 N–H and O–H groups in total. The van der Waals surface area contributed by atoms with Crippen LogP contribution in [0.5, 0.6) is 0 Å². The van der Waals surface area contributed by atoms with Crippen molar-refractivity contribution in [2.45, 2.75) is 89.9 Å². The number of carbonyl (C=O) groups is 1. The van der Waals surface area contributed by atoms with Crippen LogP contribution in [0, 0.1) is 0 Å². The summed E-state index contributed by atoms with van der Waals surface area (Å²) in [6.45, 7) is 10.2. The molecule has 1 aromatic carbocycles. The molecular weight excluding hydrogens is 312 g/mol. The van der Waals surface area contributed by atoms with Gasteiger partial charge in [0.1, 0.15) is 5.60 Å². The zero-order valence-corrected chi connectivity index (χ0v) is 16.2. The number of piperidine rings is 1. The molecule has 0 aliphatic carbocycles. The van der Waals surface area contributed by atoms with Gasteiger partial charge in [0, 0.05) is 23.8 Å². The van der Waals surface area contributed by atoms with Gasteiger partial charge in [-0.25, -0.2) is 4.79 Å². The second kappa shape index (κ2) is 6.89. The molecule has 0 aromatic heterocycles. The van der Waals surface area contributed by atoms with Gasteiger partial charge in [0.25, 0.3) is 0 Å². The Bertz CT molecular complexity index is 589. The van der Waals surface area contributed by atoms with Gasteiger partial charge in [-0.15, -0.1) is 0 Å². The number of ether oxygens (including phenoxy) is 1. The number of nitrogens with one attached hydrogen (secondary N) is 1. The number of anilines is 1.